The fourth-order valence-electron chi connectivity index (χ4n) is 4.92. The van der Waals surface area contributed by atoms with Crippen LogP contribution in [0.5, 0.6) is 0 Å². The fraction of sp³-hybridized carbons (Fsp3) is 0.360. The highest BCUT2D eigenvalue weighted by Gasteiger charge is 2.55. The molecule has 2 aromatic carbocycles. The van der Waals surface area contributed by atoms with Crippen LogP contribution >= 0.6 is 11.6 Å². The molecule has 2 heterocycles. The van der Waals surface area contributed by atoms with Gasteiger partial charge in [-0.3, -0.25) is 19.1 Å². The van der Waals surface area contributed by atoms with Gasteiger partial charge < -0.3 is 10.2 Å². The molecule has 34 heavy (non-hydrogen) atoms. The highest BCUT2D eigenvalue weighted by atomic mass is 35.5. The zero-order valence-electron chi connectivity index (χ0n) is 18.8. The van der Waals surface area contributed by atoms with Crippen molar-refractivity contribution in [3.05, 3.63) is 64.1 Å². The summed E-state index contributed by atoms with van der Waals surface area (Å²) in [6, 6.07) is 9.70. The number of rotatable bonds is 6. The molecule has 3 aromatic rings. The molecule has 1 aromatic heterocycles. The molecule has 5 rings (SSSR count). The van der Waals surface area contributed by atoms with Gasteiger partial charge in [0, 0.05) is 30.5 Å². The molecule has 0 spiro atoms. The maximum atomic E-state index is 14.2. The molecular weight excluding hydrogens is 459 g/mol. The summed E-state index contributed by atoms with van der Waals surface area (Å²) in [7, 11) is 0. The van der Waals surface area contributed by atoms with E-state index in [1.807, 2.05) is 25.1 Å². The minimum atomic E-state index is -0.616. The van der Waals surface area contributed by atoms with E-state index in [0.717, 1.165) is 12.0 Å². The van der Waals surface area contributed by atoms with E-state index in [2.05, 4.69) is 10.4 Å². The molecule has 2 amide bonds. The number of ketones is 1. The predicted octanol–water partition coefficient (Wildman–Crippen LogP) is 3.65. The lowest BCUT2D eigenvalue weighted by Crippen LogP contribution is -2.48. The van der Waals surface area contributed by atoms with Crippen molar-refractivity contribution in [2.75, 3.05) is 0 Å². The van der Waals surface area contributed by atoms with Gasteiger partial charge in [-0.05, 0) is 43.9 Å². The van der Waals surface area contributed by atoms with Crippen LogP contribution in [-0.2, 0) is 22.7 Å². The Bertz CT molecular complexity index is 1340. The summed E-state index contributed by atoms with van der Waals surface area (Å²) in [5.74, 6) is -0.971. The van der Waals surface area contributed by atoms with Crippen molar-refractivity contribution in [2.24, 2.45) is 5.92 Å². The molecule has 1 saturated heterocycles. The van der Waals surface area contributed by atoms with Crippen molar-refractivity contribution in [1.29, 1.82) is 0 Å². The minimum Gasteiger partial charge on any atom is -0.350 e. The molecule has 3 atom stereocenters. The van der Waals surface area contributed by atoms with Crippen molar-refractivity contribution in [1.82, 2.24) is 20.0 Å². The molecule has 1 aliphatic carbocycles. The number of halogens is 2. The number of aryl methyl sites for hydroxylation is 1. The summed E-state index contributed by atoms with van der Waals surface area (Å²) in [5, 5.41) is 7.87. The summed E-state index contributed by atoms with van der Waals surface area (Å²) < 4.78 is 15.7. The maximum Gasteiger partial charge on any atom is 0.245 e. The predicted molar refractivity (Wildman–Crippen MR) is 125 cm³/mol. The Morgan fingerprint density at radius 1 is 1.21 bits per heavy atom. The smallest absolute Gasteiger partial charge is 0.245 e. The average molecular weight is 483 g/mol. The molecule has 2 fully saturated rings. The number of carbonyl (C=O) groups excluding carboxylic acids is 3. The van der Waals surface area contributed by atoms with Crippen LogP contribution in [0.1, 0.15) is 41.4 Å². The van der Waals surface area contributed by atoms with Crippen LogP contribution in [0.4, 0.5) is 4.39 Å². The topological polar surface area (TPSA) is 84.3 Å². The molecule has 0 radical (unpaired) electrons. The second kappa shape index (κ2) is 8.51. The van der Waals surface area contributed by atoms with Gasteiger partial charge >= 0.3 is 0 Å². The Hall–Kier alpha value is -3.26. The van der Waals surface area contributed by atoms with Gasteiger partial charge in [0.1, 0.15) is 24.1 Å². The van der Waals surface area contributed by atoms with Crippen molar-refractivity contribution in [2.45, 2.75) is 51.9 Å². The van der Waals surface area contributed by atoms with E-state index in [0.29, 0.717) is 28.9 Å². The number of nitrogens with zero attached hydrogens (tertiary/aromatic N) is 3. The van der Waals surface area contributed by atoms with Crippen LogP contribution in [-0.4, -0.2) is 44.4 Å². The van der Waals surface area contributed by atoms with Crippen molar-refractivity contribution >= 4 is 40.1 Å². The van der Waals surface area contributed by atoms with Gasteiger partial charge in [-0.15, -0.1) is 0 Å². The molecular formula is C25H24ClFN4O3. The number of hydrogen-bond acceptors (Lipinski definition) is 4. The first-order chi connectivity index (χ1) is 16.2. The lowest BCUT2D eigenvalue weighted by Gasteiger charge is -2.27. The Labute approximate surface area is 200 Å². The molecule has 1 unspecified atom stereocenters. The van der Waals surface area contributed by atoms with Crippen LogP contribution in [0.2, 0.25) is 5.02 Å². The second-order valence-electron chi connectivity index (χ2n) is 9.13. The number of hydrogen-bond donors (Lipinski definition) is 1. The largest absolute Gasteiger partial charge is 0.350 e. The van der Waals surface area contributed by atoms with E-state index < -0.39 is 11.9 Å². The molecule has 1 saturated carbocycles. The van der Waals surface area contributed by atoms with Crippen LogP contribution in [0, 0.1) is 18.7 Å². The number of fused-ring (bicyclic) bond motifs is 2. The summed E-state index contributed by atoms with van der Waals surface area (Å²) in [5.41, 5.74) is 2.31. The van der Waals surface area contributed by atoms with Gasteiger partial charge in [0.05, 0.1) is 10.5 Å². The summed E-state index contributed by atoms with van der Waals surface area (Å²) in [6.07, 6.45) is 1.45. The zero-order chi connectivity index (χ0) is 24.1. The van der Waals surface area contributed by atoms with Gasteiger partial charge in [-0.25, -0.2) is 4.39 Å². The van der Waals surface area contributed by atoms with Crippen molar-refractivity contribution in [3.8, 4) is 0 Å². The first kappa shape index (κ1) is 22.5. The highest BCUT2D eigenvalue weighted by molar-refractivity contribution is 6.30. The number of nitrogens with one attached hydrogen (secondary N) is 1. The fourth-order valence-corrected chi connectivity index (χ4v) is 5.11. The zero-order valence-corrected chi connectivity index (χ0v) is 19.6. The Kier molecular flexibility index (Phi) is 5.64. The van der Waals surface area contributed by atoms with Crippen LogP contribution in [0.3, 0.4) is 0 Å². The number of amides is 2. The number of aromatic nitrogens is 2. The standard InChI is InChI=1S/C25H24ClFN4O3/c1-13-6-7-19-17(8-13)24(14(2)32)29-30(19)12-22(33)31-20-9-16(20)10-21(31)25(34)28-11-15-4-3-5-18(26)23(15)27/h3-8,16,20-21H,9-12H2,1-2H3,(H,28,34)/t16?,20-,21+/m1/s1. The van der Waals surface area contributed by atoms with Gasteiger partial charge in [0.2, 0.25) is 11.8 Å². The van der Waals surface area contributed by atoms with E-state index in [9.17, 15) is 18.8 Å². The second-order valence-corrected chi connectivity index (χ2v) is 9.54. The Morgan fingerprint density at radius 2 is 2.00 bits per heavy atom. The van der Waals surface area contributed by atoms with Crippen molar-refractivity contribution in [3.63, 3.8) is 0 Å². The van der Waals surface area contributed by atoms with E-state index >= 15 is 0 Å². The van der Waals surface area contributed by atoms with Crippen LogP contribution < -0.4 is 5.32 Å². The third-order valence-electron chi connectivity index (χ3n) is 6.70. The van der Waals surface area contributed by atoms with Crippen LogP contribution in [0.15, 0.2) is 36.4 Å². The van der Waals surface area contributed by atoms with Crippen LogP contribution in [0.25, 0.3) is 10.9 Å². The third kappa shape index (κ3) is 3.96. The molecule has 2 aliphatic rings. The normalized spacial score (nSPS) is 20.9. The third-order valence-corrected chi connectivity index (χ3v) is 7.00. The molecule has 7 nitrogen and oxygen atoms in total. The number of benzene rings is 2. The Morgan fingerprint density at radius 3 is 2.76 bits per heavy atom. The molecule has 1 N–H and O–H groups in total. The number of carbonyl (C=O) groups is 3. The van der Waals surface area contributed by atoms with Crippen molar-refractivity contribution < 1.29 is 18.8 Å². The maximum absolute atomic E-state index is 14.2. The highest BCUT2D eigenvalue weighted by Crippen LogP contribution is 2.48. The summed E-state index contributed by atoms with van der Waals surface area (Å²) in [4.78, 5) is 40.1. The summed E-state index contributed by atoms with van der Waals surface area (Å²) in [6.45, 7) is 3.31. The minimum absolute atomic E-state index is 0.00256. The lowest BCUT2D eigenvalue weighted by atomic mass is 10.1. The lowest BCUT2D eigenvalue weighted by molar-refractivity contribution is -0.140. The Balaban J connectivity index is 1.34. The molecule has 9 heteroatoms. The van der Waals surface area contributed by atoms with Gasteiger partial charge in [0.25, 0.3) is 0 Å². The monoisotopic (exact) mass is 482 g/mol. The first-order valence-electron chi connectivity index (χ1n) is 11.2. The van der Waals surface area contributed by atoms with E-state index in [-0.39, 0.29) is 47.3 Å². The van der Waals surface area contributed by atoms with E-state index in [1.165, 1.54) is 13.0 Å². The first-order valence-corrected chi connectivity index (χ1v) is 11.6. The summed E-state index contributed by atoms with van der Waals surface area (Å²) >= 11 is 5.82. The number of likely N-dealkylation sites (tertiary alicyclic amines) is 1. The number of piperidine rings is 1. The van der Waals surface area contributed by atoms with Gasteiger partial charge in [0.15, 0.2) is 5.78 Å². The number of Topliss-reactive ketones (excluding diaryl/α,β-unsaturated/α-hetero) is 1. The van der Waals surface area contributed by atoms with Gasteiger partial charge in [-0.1, -0.05) is 35.4 Å². The average Bonchev–Trinajstić information content (AvgIpc) is 3.31. The SMILES string of the molecule is CC(=O)c1nn(CC(=O)N2[C@@H]3CC3C[C@H]2C(=O)NCc2cccc(Cl)c2F)c2ccc(C)cc12. The quantitative estimate of drug-likeness (QED) is 0.543. The molecule has 1 aliphatic heterocycles. The van der Waals surface area contributed by atoms with E-state index in [4.69, 9.17) is 11.6 Å². The van der Waals surface area contributed by atoms with Gasteiger partial charge in [-0.2, -0.15) is 5.10 Å². The molecule has 176 valence electrons. The molecule has 0 bridgehead atoms. The van der Waals surface area contributed by atoms with E-state index in [1.54, 1.807) is 21.7 Å².